The van der Waals surface area contributed by atoms with Gasteiger partial charge in [-0.2, -0.15) is 0 Å². The van der Waals surface area contributed by atoms with Crippen molar-refractivity contribution in [1.29, 1.82) is 0 Å². The summed E-state index contributed by atoms with van der Waals surface area (Å²) in [6.45, 7) is 0.393. The first-order valence-corrected chi connectivity index (χ1v) is 2.98. The molecule has 0 unspecified atom stereocenters. The highest BCUT2D eigenvalue weighted by Gasteiger charge is 1.96. The lowest BCUT2D eigenvalue weighted by atomic mass is 10.2. The Morgan fingerprint density at radius 2 is 2.10 bits per heavy atom. The lowest BCUT2D eigenvalue weighted by Crippen LogP contribution is -1.98. The summed E-state index contributed by atoms with van der Waals surface area (Å²) in [6.07, 6.45) is 0. The first kappa shape index (κ1) is 7.02. The summed E-state index contributed by atoms with van der Waals surface area (Å²) < 4.78 is 12.5. The molecule has 2 nitrogen and oxygen atoms in total. The smallest absolute Gasteiger partial charge is 0.146 e. The van der Waals surface area contributed by atoms with Gasteiger partial charge in [0.25, 0.3) is 0 Å². The molecular formula is C7H9FN2. The fourth-order valence-electron chi connectivity index (χ4n) is 0.720. The Morgan fingerprint density at radius 3 is 2.60 bits per heavy atom. The maximum Gasteiger partial charge on any atom is 0.146 e. The third kappa shape index (κ3) is 1.25. The monoisotopic (exact) mass is 140 g/mol. The van der Waals surface area contributed by atoms with Crippen molar-refractivity contribution >= 4 is 5.69 Å². The van der Waals surface area contributed by atoms with Crippen LogP contribution in [0.2, 0.25) is 0 Å². The van der Waals surface area contributed by atoms with Crippen LogP contribution in [0.25, 0.3) is 0 Å². The van der Waals surface area contributed by atoms with Crippen LogP contribution < -0.4 is 11.5 Å². The summed E-state index contributed by atoms with van der Waals surface area (Å²) >= 11 is 0. The van der Waals surface area contributed by atoms with Gasteiger partial charge in [-0.15, -0.1) is 0 Å². The number of nitrogen functional groups attached to an aromatic ring is 1. The van der Waals surface area contributed by atoms with E-state index in [4.69, 9.17) is 11.5 Å². The van der Waals surface area contributed by atoms with Crippen LogP contribution in [0, 0.1) is 5.82 Å². The second-order valence-corrected chi connectivity index (χ2v) is 2.06. The molecule has 0 saturated carbocycles. The van der Waals surface area contributed by atoms with Gasteiger partial charge in [0.15, 0.2) is 0 Å². The number of rotatable bonds is 1. The molecule has 0 aromatic heterocycles. The first-order valence-electron chi connectivity index (χ1n) is 2.98. The number of halogens is 1. The minimum absolute atomic E-state index is 0.156. The Balaban J connectivity index is 3.04. The van der Waals surface area contributed by atoms with Crippen molar-refractivity contribution in [3.05, 3.63) is 29.6 Å². The predicted molar refractivity (Wildman–Crippen MR) is 38.7 cm³/mol. The molecule has 1 aromatic carbocycles. The average Bonchev–Trinajstić information content (AvgIpc) is 1.95. The van der Waals surface area contributed by atoms with Crippen molar-refractivity contribution in [3.63, 3.8) is 0 Å². The SMILES string of the molecule is NCc1ccc(F)c(N)c1. The molecule has 0 aliphatic rings. The highest BCUT2D eigenvalue weighted by molar-refractivity contribution is 5.42. The van der Waals surface area contributed by atoms with Crippen LogP contribution in [-0.4, -0.2) is 0 Å². The number of hydrogen-bond acceptors (Lipinski definition) is 2. The number of benzene rings is 1. The van der Waals surface area contributed by atoms with Crippen LogP contribution in [-0.2, 0) is 6.54 Å². The van der Waals surface area contributed by atoms with Crippen LogP contribution in [0.15, 0.2) is 18.2 Å². The topological polar surface area (TPSA) is 52.0 Å². The van der Waals surface area contributed by atoms with E-state index >= 15 is 0 Å². The summed E-state index contributed by atoms with van der Waals surface area (Å²) in [5.74, 6) is -0.391. The second-order valence-electron chi connectivity index (χ2n) is 2.06. The fraction of sp³-hybridized carbons (Fsp3) is 0.143. The molecule has 1 aromatic rings. The molecule has 0 aliphatic heterocycles. The second kappa shape index (κ2) is 2.66. The lowest BCUT2D eigenvalue weighted by Gasteiger charge is -1.98. The van der Waals surface area contributed by atoms with Crippen molar-refractivity contribution in [3.8, 4) is 0 Å². The van der Waals surface area contributed by atoms with Crippen molar-refractivity contribution in [2.75, 3.05) is 5.73 Å². The van der Waals surface area contributed by atoms with E-state index in [1.807, 2.05) is 0 Å². The van der Waals surface area contributed by atoms with E-state index in [0.29, 0.717) is 6.54 Å². The quantitative estimate of drug-likeness (QED) is 0.568. The van der Waals surface area contributed by atoms with Gasteiger partial charge in [-0.3, -0.25) is 0 Å². The summed E-state index contributed by atoms with van der Waals surface area (Å²) in [4.78, 5) is 0. The Hall–Kier alpha value is -1.09. The van der Waals surface area contributed by atoms with Crippen LogP contribution in [0.4, 0.5) is 10.1 Å². The Kier molecular flexibility index (Phi) is 1.87. The van der Waals surface area contributed by atoms with Gasteiger partial charge in [-0.25, -0.2) is 4.39 Å². The molecule has 0 saturated heterocycles. The van der Waals surface area contributed by atoms with Gasteiger partial charge in [0.2, 0.25) is 0 Å². The molecular weight excluding hydrogens is 131 g/mol. The van der Waals surface area contributed by atoms with Crippen LogP contribution in [0.3, 0.4) is 0 Å². The maximum atomic E-state index is 12.5. The highest BCUT2D eigenvalue weighted by atomic mass is 19.1. The van der Waals surface area contributed by atoms with E-state index < -0.39 is 5.82 Å². The zero-order valence-corrected chi connectivity index (χ0v) is 5.47. The van der Waals surface area contributed by atoms with E-state index in [-0.39, 0.29) is 5.69 Å². The molecule has 0 fully saturated rings. The minimum Gasteiger partial charge on any atom is -0.396 e. The summed E-state index contributed by atoms with van der Waals surface area (Å²) in [5.41, 5.74) is 11.6. The van der Waals surface area contributed by atoms with E-state index in [9.17, 15) is 4.39 Å². The Morgan fingerprint density at radius 1 is 1.40 bits per heavy atom. The molecule has 0 atom stereocenters. The van der Waals surface area contributed by atoms with Crippen molar-refractivity contribution in [2.45, 2.75) is 6.54 Å². The fourth-order valence-corrected chi connectivity index (χ4v) is 0.720. The Bertz CT molecular complexity index is 235. The molecule has 4 N–H and O–H groups in total. The Labute approximate surface area is 58.6 Å². The number of nitrogens with two attached hydrogens (primary N) is 2. The van der Waals surface area contributed by atoms with Crippen LogP contribution >= 0.6 is 0 Å². The normalized spacial score (nSPS) is 9.80. The van der Waals surface area contributed by atoms with E-state index in [2.05, 4.69) is 0 Å². The first-order chi connectivity index (χ1) is 4.74. The molecule has 0 radical (unpaired) electrons. The van der Waals surface area contributed by atoms with Crippen LogP contribution in [0.1, 0.15) is 5.56 Å². The van der Waals surface area contributed by atoms with Gasteiger partial charge in [0, 0.05) is 6.54 Å². The van der Waals surface area contributed by atoms with Gasteiger partial charge in [0.1, 0.15) is 5.82 Å². The van der Waals surface area contributed by atoms with Gasteiger partial charge in [-0.05, 0) is 17.7 Å². The molecule has 10 heavy (non-hydrogen) atoms. The molecule has 0 heterocycles. The molecule has 1 rings (SSSR count). The zero-order valence-electron chi connectivity index (χ0n) is 5.47. The summed E-state index contributed by atoms with van der Waals surface area (Å²) in [5, 5.41) is 0. The van der Waals surface area contributed by atoms with Crippen LogP contribution in [0.5, 0.6) is 0 Å². The molecule has 0 aliphatic carbocycles. The number of anilines is 1. The molecule has 0 amide bonds. The van der Waals surface area contributed by atoms with E-state index in [1.165, 1.54) is 12.1 Å². The predicted octanol–water partition coefficient (Wildman–Crippen LogP) is 0.867. The summed E-state index contributed by atoms with van der Waals surface area (Å²) in [7, 11) is 0. The minimum atomic E-state index is -0.391. The third-order valence-corrected chi connectivity index (χ3v) is 1.30. The molecule has 54 valence electrons. The van der Waals surface area contributed by atoms with Gasteiger partial charge < -0.3 is 11.5 Å². The lowest BCUT2D eigenvalue weighted by molar-refractivity contribution is 0.632. The van der Waals surface area contributed by atoms with Gasteiger partial charge in [0.05, 0.1) is 5.69 Å². The summed E-state index contributed by atoms with van der Waals surface area (Å²) in [6, 6.07) is 4.47. The van der Waals surface area contributed by atoms with Gasteiger partial charge in [-0.1, -0.05) is 6.07 Å². The standard InChI is InChI=1S/C7H9FN2/c8-6-2-1-5(4-9)3-7(6)10/h1-3H,4,9-10H2. The highest BCUT2D eigenvalue weighted by Crippen LogP contribution is 2.10. The zero-order chi connectivity index (χ0) is 7.56. The van der Waals surface area contributed by atoms with Crippen molar-refractivity contribution in [1.82, 2.24) is 0 Å². The maximum absolute atomic E-state index is 12.5. The molecule has 3 heteroatoms. The molecule has 0 bridgehead atoms. The largest absolute Gasteiger partial charge is 0.396 e. The third-order valence-electron chi connectivity index (χ3n) is 1.30. The molecule has 0 spiro atoms. The van der Waals surface area contributed by atoms with Gasteiger partial charge >= 0.3 is 0 Å². The van der Waals surface area contributed by atoms with E-state index in [0.717, 1.165) is 5.56 Å². The van der Waals surface area contributed by atoms with Crippen molar-refractivity contribution in [2.24, 2.45) is 5.73 Å². The number of hydrogen-bond donors (Lipinski definition) is 2. The van der Waals surface area contributed by atoms with Crippen molar-refractivity contribution < 1.29 is 4.39 Å². The van der Waals surface area contributed by atoms with E-state index in [1.54, 1.807) is 6.07 Å². The average molecular weight is 140 g/mol.